The molecule has 1 unspecified atom stereocenters. The monoisotopic (exact) mass is 222 g/mol. The first-order valence-electron chi connectivity index (χ1n) is 4.89. The average Bonchev–Trinajstić information content (AvgIpc) is 2.17. The van der Waals surface area contributed by atoms with E-state index in [0.717, 1.165) is 12.5 Å². The topological polar surface area (TPSA) is 74.6 Å². The van der Waals surface area contributed by atoms with Gasteiger partial charge in [0.2, 0.25) is 0 Å². The molecule has 0 heterocycles. The molecule has 0 bridgehead atoms. The molecule has 1 rings (SSSR count). The number of carboxylic acid groups (broad SMARTS) is 1. The van der Waals surface area contributed by atoms with E-state index in [0.29, 0.717) is 5.56 Å². The molecule has 0 saturated carbocycles. The molecule has 4 heteroatoms. The number of ketones is 1. The summed E-state index contributed by atoms with van der Waals surface area (Å²) in [7, 11) is 0. The van der Waals surface area contributed by atoms with Crippen molar-refractivity contribution >= 4 is 11.8 Å². The van der Waals surface area contributed by atoms with E-state index in [-0.39, 0.29) is 5.78 Å². The lowest BCUT2D eigenvalue weighted by Gasteiger charge is -2.17. The number of aliphatic carboxylic acids is 1. The van der Waals surface area contributed by atoms with Crippen LogP contribution in [0.1, 0.15) is 29.3 Å². The van der Waals surface area contributed by atoms with Crippen LogP contribution in [0.5, 0.6) is 0 Å². The molecule has 86 valence electrons. The van der Waals surface area contributed by atoms with Crippen LogP contribution in [0, 0.1) is 6.92 Å². The van der Waals surface area contributed by atoms with Gasteiger partial charge in [0, 0.05) is 5.56 Å². The van der Waals surface area contributed by atoms with Crippen molar-refractivity contribution in [2.75, 3.05) is 0 Å². The van der Waals surface area contributed by atoms with Crippen LogP contribution in [0.25, 0.3) is 0 Å². The summed E-state index contributed by atoms with van der Waals surface area (Å²) in [4.78, 5) is 22.4. The third kappa shape index (κ3) is 2.67. The highest BCUT2D eigenvalue weighted by Crippen LogP contribution is 2.16. The van der Waals surface area contributed by atoms with E-state index < -0.39 is 18.0 Å². The molecule has 0 saturated heterocycles. The number of carboxylic acids is 1. The molecule has 16 heavy (non-hydrogen) atoms. The Hall–Kier alpha value is -1.68. The molecule has 1 aromatic rings. The van der Waals surface area contributed by atoms with Crippen LogP contribution >= 0.6 is 0 Å². The fourth-order valence-electron chi connectivity index (χ4n) is 1.37. The van der Waals surface area contributed by atoms with Gasteiger partial charge in [0.15, 0.2) is 11.4 Å². The van der Waals surface area contributed by atoms with E-state index in [1.807, 2.05) is 0 Å². The molecule has 0 spiro atoms. The Kier molecular flexibility index (Phi) is 3.44. The largest absolute Gasteiger partial charge is 0.479 e. The number of hydrogen-bond acceptors (Lipinski definition) is 3. The van der Waals surface area contributed by atoms with E-state index in [1.165, 1.54) is 0 Å². The number of carbonyl (C=O) groups excluding carboxylic acids is 1. The van der Waals surface area contributed by atoms with E-state index in [4.69, 9.17) is 5.11 Å². The predicted octanol–water partition coefficient (Wildman–Crippen LogP) is 1.40. The zero-order chi connectivity index (χ0) is 12.3. The summed E-state index contributed by atoms with van der Waals surface area (Å²) < 4.78 is 0. The van der Waals surface area contributed by atoms with E-state index in [1.54, 1.807) is 31.2 Å². The van der Waals surface area contributed by atoms with Crippen molar-refractivity contribution in [1.29, 1.82) is 0 Å². The van der Waals surface area contributed by atoms with E-state index in [2.05, 4.69) is 0 Å². The molecule has 4 nitrogen and oxygen atoms in total. The maximum Gasteiger partial charge on any atom is 0.335 e. The summed E-state index contributed by atoms with van der Waals surface area (Å²) in [5, 5.41) is 18.2. The van der Waals surface area contributed by atoms with Gasteiger partial charge in [0.25, 0.3) is 0 Å². The fourth-order valence-corrected chi connectivity index (χ4v) is 1.37. The summed E-state index contributed by atoms with van der Waals surface area (Å²) in [6.45, 7) is 2.88. The summed E-state index contributed by atoms with van der Waals surface area (Å²) in [6, 6.07) is 6.88. The van der Waals surface area contributed by atoms with Crippen LogP contribution in [0.4, 0.5) is 0 Å². The van der Waals surface area contributed by atoms with Crippen molar-refractivity contribution in [3.8, 4) is 0 Å². The van der Waals surface area contributed by atoms with Crippen molar-refractivity contribution in [3.63, 3.8) is 0 Å². The summed E-state index contributed by atoms with van der Waals surface area (Å²) >= 11 is 0. The number of aryl methyl sites for hydroxylation is 1. The van der Waals surface area contributed by atoms with Gasteiger partial charge in [-0.05, 0) is 19.4 Å². The standard InChI is InChI=1S/C12H14O4/c1-8-5-3-4-6-9(8)10(13)7-12(2,16)11(14)15/h3-6,16H,7H2,1-2H3,(H,14,15). The van der Waals surface area contributed by atoms with Crippen LogP contribution in [-0.4, -0.2) is 27.6 Å². The van der Waals surface area contributed by atoms with Gasteiger partial charge in [-0.1, -0.05) is 24.3 Å². The Morgan fingerprint density at radius 1 is 1.31 bits per heavy atom. The lowest BCUT2D eigenvalue weighted by atomic mass is 9.94. The quantitative estimate of drug-likeness (QED) is 0.755. The number of benzene rings is 1. The van der Waals surface area contributed by atoms with E-state index >= 15 is 0 Å². The maximum absolute atomic E-state index is 11.8. The highest BCUT2D eigenvalue weighted by molar-refractivity contribution is 6.00. The minimum absolute atomic E-state index is 0.370. The van der Waals surface area contributed by atoms with Gasteiger partial charge in [0.1, 0.15) is 0 Å². The Balaban J connectivity index is 2.89. The molecule has 0 amide bonds. The molecule has 1 aromatic carbocycles. The van der Waals surface area contributed by atoms with Gasteiger partial charge in [0.05, 0.1) is 6.42 Å². The predicted molar refractivity (Wildman–Crippen MR) is 58.4 cm³/mol. The lowest BCUT2D eigenvalue weighted by molar-refractivity contribution is -0.156. The molecule has 2 N–H and O–H groups in total. The normalized spacial score (nSPS) is 14.2. The van der Waals surface area contributed by atoms with Crippen molar-refractivity contribution in [1.82, 2.24) is 0 Å². The Bertz CT molecular complexity index is 421. The van der Waals surface area contributed by atoms with E-state index in [9.17, 15) is 14.7 Å². The van der Waals surface area contributed by atoms with Gasteiger partial charge in [-0.25, -0.2) is 4.79 Å². The van der Waals surface area contributed by atoms with Crippen LogP contribution in [0.3, 0.4) is 0 Å². The molecule has 0 fully saturated rings. The molecule has 0 aromatic heterocycles. The first-order chi connectivity index (χ1) is 7.34. The van der Waals surface area contributed by atoms with Crippen LogP contribution < -0.4 is 0 Å². The minimum atomic E-state index is -2.01. The average molecular weight is 222 g/mol. The second kappa shape index (κ2) is 4.45. The Morgan fingerprint density at radius 3 is 2.38 bits per heavy atom. The van der Waals surface area contributed by atoms with Gasteiger partial charge < -0.3 is 10.2 Å². The molecular weight excluding hydrogens is 208 g/mol. The minimum Gasteiger partial charge on any atom is -0.479 e. The van der Waals surface area contributed by atoms with Gasteiger partial charge in [-0.2, -0.15) is 0 Å². The number of hydrogen-bond donors (Lipinski definition) is 2. The molecule has 1 atom stereocenters. The van der Waals surface area contributed by atoms with Crippen molar-refractivity contribution in [3.05, 3.63) is 35.4 Å². The highest BCUT2D eigenvalue weighted by atomic mass is 16.4. The van der Waals surface area contributed by atoms with Crippen molar-refractivity contribution in [2.24, 2.45) is 0 Å². The number of rotatable bonds is 4. The van der Waals surface area contributed by atoms with Gasteiger partial charge in [-0.3, -0.25) is 4.79 Å². The fraction of sp³-hybridized carbons (Fsp3) is 0.333. The summed E-state index contributed by atoms with van der Waals surface area (Å²) in [6.07, 6.45) is -0.423. The first kappa shape index (κ1) is 12.4. The molecule has 0 radical (unpaired) electrons. The highest BCUT2D eigenvalue weighted by Gasteiger charge is 2.33. The molecule has 0 aliphatic carbocycles. The van der Waals surface area contributed by atoms with Crippen LogP contribution in [0.15, 0.2) is 24.3 Å². The third-order valence-electron chi connectivity index (χ3n) is 2.41. The van der Waals surface area contributed by atoms with Crippen molar-refractivity contribution in [2.45, 2.75) is 25.9 Å². The SMILES string of the molecule is Cc1ccccc1C(=O)CC(C)(O)C(=O)O. The second-order valence-electron chi connectivity index (χ2n) is 3.99. The Morgan fingerprint density at radius 2 is 1.88 bits per heavy atom. The summed E-state index contributed by atoms with van der Waals surface area (Å²) in [5.74, 6) is -1.76. The van der Waals surface area contributed by atoms with Crippen LogP contribution in [-0.2, 0) is 4.79 Å². The van der Waals surface area contributed by atoms with Crippen LogP contribution in [0.2, 0.25) is 0 Å². The molecule has 0 aliphatic rings. The van der Waals surface area contributed by atoms with Gasteiger partial charge >= 0.3 is 5.97 Å². The molecule has 0 aliphatic heterocycles. The number of aliphatic hydroxyl groups is 1. The molecular formula is C12H14O4. The van der Waals surface area contributed by atoms with Gasteiger partial charge in [-0.15, -0.1) is 0 Å². The first-order valence-corrected chi connectivity index (χ1v) is 4.89. The zero-order valence-electron chi connectivity index (χ0n) is 9.23. The maximum atomic E-state index is 11.8. The third-order valence-corrected chi connectivity index (χ3v) is 2.41. The Labute approximate surface area is 93.5 Å². The number of Topliss-reactive ketones (excluding diaryl/α,β-unsaturated/α-hetero) is 1. The smallest absolute Gasteiger partial charge is 0.335 e. The number of carbonyl (C=O) groups is 2. The zero-order valence-corrected chi connectivity index (χ0v) is 9.23. The lowest BCUT2D eigenvalue weighted by Crippen LogP contribution is -2.37. The second-order valence-corrected chi connectivity index (χ2v) is 3.99. The summed E-state index contributed by atoms with van der Waals surface area (Å²) in [5.41, 5.74) is -0.794. The van der Waals surface area contributed by atoms with Crippen molar-refractivity contribution < 1.29 is 19.8 Å².